The standard InChI is InChI=1S/C6H13NO2.2C3H7NO2.3C2H5NO2/c1-4(2)3-5(7)6(8)9;2*1-2(4)3(5)6;3*3-1-2(4)5/h4-5H,3,7H2,1-2H3,(H,8,9);2*2H,4H2,1H3,(H,5,6);3*1,3H2,(H,4,5)/t5-;2*2-;;;/m000.../s1. The van der Waals surface area contributed by atoms with Crippen molar-refractivity contribution in [3.63, 3.8) is 0 Å². The third-order valence-corrected chi connectivity index (χ3v) is 2.35. The smallest absolute Gasteiger partial charge is 0.320 e. The maximum absolute atomic E-state index is 10.1. The van der Waals surface area contributed by atoms with Gasteiger partial charge in [-0.1, -0.05) is 13.8 Å². The van der Waals surface area contributed by atoms with Crippen LogP contribution in [0.1, 0.15) is 34.1 Å². The fourth-order valence-electron chi connectivity index (χ4n) is 0.609. The average Bonchev–Trinajstić information content (AvgIpc) is 2.75. The van der Waals surface area contributed by atoms with Crippen molar-refractivity contribution in [1.29, 1.82) is 0 Å². The van der Waals surface area contributed by atoms with Crippen LogP contribution >= 0.6 is 0 Å². The largest absolute Gasteiger partial charge is 0.480 e. The zero-order valence-corrected chi connectivity index (χ0v) is 20.7. The highest BCUT2D eigenvalue weighted by Gasteiger charge is 2.11. The molecule has 36 heavy (non-hydrogen) atoms. The summed E-state index contributed by atoms with van der Waals surface area (Å²) < 4.78 is 0. The zero-order valence-electron chi connectivity index (χ0n) is 20.7. The molecule has 0 aliphatic rings. The predicted octanol–water partition coefficient (Wildman–Crippen LogP) is -3.63. The third-order valence-electron chi connectivity index (χ3n) is 2.35. The maximum Gasteiger partial charge on any atom is 0.320 e. The molecular formula is C18H42N6O12. The van der Waals surface area contributed by atoms with Crippen LogP contribution in [0.4, 0.5) is 0 Å². The van der Waals surface area contributed by atoms with Crippen LogP contribution in [0.3, 0.4) is 0 Å². The summed E-state index contributed by atoms with van der Waals surface area (Å²) in [4.78, 5) is 57.0. The molecule has 18 N–H and O–H groups in total. The van der Waals surface area contributed by atoms with E-state index in [1.165, 1.54) is 13.8 Å². The first kappa shape index (κ1) is 46.0. The number of hydrogen-bond donors (Lipinski definition) is 12. The van der Waals surface area contributed by atoms with E-state index in [9.17, 15) is 28.8 Å². The number of nitrogens with two attached hydrogens (primary N) is 6. The molecule has 0 spiro atoms. The van der Waals surface area contributed by atoms with Crippen molar-refractivity contribution in [2.75, 3.05) is 19.6 Å². The molecule has 0 heterocycles. The lowest BCUT2D eigenvalue weighted by molar-refractivity contribution is -0.139. The second-order valence-corrected chi connectivity index (χ2v) is 6.62. The topological polar surface area (TPSA) is 380 Å². The Kier molecular flexibility index (Phi) is 40.3. The third kappa shape index (κ3) is 77.5. The van der Waals surface area contributed by atoms with E-state index in [1.807, 2.05) is 13.8 Å². The molecule has 0 bridgehead atoms. The Balaban J connectivity index is -0.0000000763. The first-order valence-electron chi connectivity index (χ1n) is 9.84. The fourth-order valence-corrected chi connectivity index (χ4v) is 0.609. The summed E-state index contributed by atoms with van der Waals surface area (Å²) in [5.74, 6) is -5.38. The van der Waals surface area contributed by atoms with Crippen LogP contribution in [-0.4, -0.2) is 104 Å². The van der Waals surface area contributed by atoms with Crippen molar-refractivity contribution in [3.05, 3.63) is 0 Å². The second kappa shape index (κ2) is 31.6. The number of carboxylic acids is 6. The van der Waals surface area contributed by atoms with E-state index in [-0.39, 0.29) is 19.6 Å². The molecule has 0 amide bonds. The molecule has 0 radical (unpaired) electrons. The minimum Gasteiger partial charge on any atom is -0.480 e. The van der Waals surface area contributed by atoms with Gasteiger partial charge in [0.25, 0.3) is 0 Å². The summed E-state index contributed by atoms with van der Waals surface area (Å²) in [5.41, 5.74) is 28.6. The highest BCUT2D eigenvalue weighted by Crippen LogP contribution is 2.01. The van der Waals surface area contributed by atoms with E-state index in [4.69, 9.17) is 47.8 Å². The lowest BCUT2D eigenvalue weighted by Gasteiger charge is -2.07. The van der Waals surface area contributed by atoms with Crippen LogP contribution < -0.4 is 34.4 Å². The number of aliphatic carboxylic acids is 6. The number of hydrogen-bond acceptors (Lipinski definition) is 12. The van der Waals surface area contributed by atoms with E-state index in [2.05, 4.69) is 17.2 Å². The van der Waals surface area contributed by atoms with Crippen molar-refractivity contribution < 1.29 is 59.4 Å². The molecule has 0 fully saturated rings. The first-order chi connectivity index (χ1) is 16.1. The molecule has 0 aromatic heterocycles. The van der Waals surface area contributed by atoms with E-state index in [0.717, 1.165) is 0 Å². The summed E-state index contributed by atoms with van der Waals surface area (Å²) in [7, 11) is 0. The Hall–Kier alpha value is -3.42. The van der Waals surface area contributed by atoms with Gasteiger partial charge in [0.2, 0.25) is 0 Å². The van der Waals surface area contributed by atoms with Crippen molar-refractivity contribution in [3.8, 4) is 0 Å². The van der Waals surface area contributed by atoms with Crippen LogP contribution in [0, 0.1) is 5.92 Å². The molecule has 18 nitrogen and oxygen atoms in total. The summed E-state index contributed by atoms with van der Waals surface area (Å²) in [6.45, 7) is 5.90. The van der Waals surface area contributed by atoms with Gasteiger partial charge in [0.05, 0.1) is 19.6 Å². The van der Waals surface area contributed by atoms with E-state index < -0.39 is 53.9 Å². The Labute approximate surface area is 208 Å². The monoisotopic (exact) mass is 534 g/mol. The van der Waals surface area contributed by atoms with Crippen LogP contribution in [0.25, 0.3) is 0 Å². The minimum atomic E-state index is -0.968. The molecule has 0 aromatic rings. The molecule has 0 rings (SSSR count). The average molecular weight is 535 g/mol. The van der Waals surface area contributed by atoms with Gasteiger partial charge in [0.1, 0.15) is 18.1 Å². The molecule has 0 aliphatic carbocycles. The van der Waals surface area contributed by atoms with Crippen LogP contribution in [0.5, 0.6) is 0 Å². The number of rotatable bonds is 8. The molecule has 0 unspecified atom stereocenters. The van der Waals surface area contributed by atoms with Crippen LogP contribution in [-0.2, 0) is 28.8 Å². The summed E-state index contributed by atoms with van der Waals surface area (Å²) >= 11 is 0. The van der Waals surface area contributed by atoms with Gasteiger partial charge >= 0.3 is 35.8 Å². The second-order valence-electron chi connectivity index (χ2n) is 6.62. The normalized spacial score (nSPS) is 11.1. The lowest BCUT2D eigenvalue weighted by Crippen LogP contribution is -2.31. The van der Waals surface area contributed by atoms with Gasteiger partial charge < -0.3 is 65.0 Å². The number of carbonyl (C=O) groups is 6. The van der Waals surface area contributed by atoms with Crippen LogP contribution in [0.2, 0.25) is 0 Å². The fraction of sp³-hybridized carbons (Fsp3) is 0.667. The quantitative estimate of drug-likeness (QED) is 0.143. The molecule has 216 valence electrons. The molecule has 0 aliphatic heterocycles. The first-order valence-corrected chi connectivity index (χ1v) is 9.84. The lowest BCUT2D eigenvalue weighted by atomic mass is 10.1. The van der Waals surface area contributed by atoms with Crippen LogP contribution in [0.15, 0.2) is 0 Å². The van der Waals surface area contributed by atoms with Crippen molar-refractivity contribution in [2.24, 2.45) is 40.3 Å². The Morgan fingerprint density at radius 2 is 0.694 bits per heavy atom. The molecule has 0 aromatic carbocycles. The maximum atomic E-state index is 10.1. The minimum absolute atomic E-state index is 0.278. The van der Waals surface area contributed by atoms with Gasteiger partial charge in [-0.05, 0) is 26.2 Å². The molecule has 0 saturated heterocycles. The van der Waals surface area contributed by atoms with E-state index in [0.29, 0.717) is 12.3 Å². The Morgan fingerprint density at radius 3 is 0.722 bits per heavy atom. The van der Waals surface area contributed by atoms with Gasteiger partial charge in [-0.25, -0.2) is 0 Å². The van der Waals surface area contributed by atoms with Gasteiger partial charge in [-0.15, -0.1) is 0 Å². The zero-order chi connectivity index (χ0) is 30.6. The molecular weight excluding hydrogens is 492 g/mol. The van der Waals surface area contributed by atoms with Gasteiger partial charge in [0.15, 0.2) is 0 Å². The molecule has 18 heteroatoms. The Morgan fingerprint density at radius 1 is 0.528 bits per heavy atom. The summed E-state index contributed by atoms with van der Waals surface area (Å²) in [6.07, 6.45) is 0.551. The van der Waals surface area contributed by atoms with Crippen molar-refractivity contribution in [2.45, 2.75) is 52.2 Å². The number of carboxylic acid groups (broad SMARTS) is 6. The SMILES string of the molecule is CC(C)C[C@H](N)C(=O)O.C[C@H](N)C(=O)O.C[C@H](N)C(=O)O.NCC(=O)O.NCC(=O)O.NCC(=O)O. The highest BCUT2D eigenvalue weighted by atomic mass is 16.4. The van der Waals surface area contributed by atoms with E-state index in [1.54, 1.807) is 0 Å². The van der Waals surface area contributed by atoms with Gasteiger partial charge in [0, 0.05) is 0 Å². The summed E-state index contributed by atoms with van der Waals surface area (Å²) in [5, 5.41) is 46.8. The van der Waals surface area contributed by atoms with Gasteiger partial charge in [-0.2, -0.15) is 0 Å². The predicted molar refractivity (Wildman–Crippen MR) is 128 cm³/mol. The highest BCUT2D eigenvalue weighted by molar-refractivity contribution is 5.73. The van der Waals surface area contributed by atoms with Crippen molar-refractivity contribution in [1.82, 2.24) is 0 Å². The summed E-state index contributed by atoms with van der Waals surface area (Å²) in [6, 6.07) is -2.15. The molecule has 0 saturated carbocycles. The molecule has 3 atom stereocenters. The Bertz CT molecular complexity index is 564. The van der Waals surface area contributed by atoms with Gasteiger partial charge in [-0.3, -0.25) is 28.8 Å². The van der Waals surface area contributed by atoms with E-state index >= 15 is 0 Å². The van der Waals surface area contributed by atoms with Crippen molar-refractivity contribution >= 4 is 35.8 Å².